The lowest BCUT2D eigenvalue weighted by Gasteiger charge is -2.16. The smallest absolute Gasteiger partial charge is 0.321 e. The Morgan fingerprint density at radius 3 is 1.96 bits per heavy atom. The van der Waals surface area contributed by atoms with Gasteiger partial charge in [0.2, 0.25) is 0 Å². The highest BCUT2D eigenvalue weighted by molar-refractivity contribution is 8.01. The van der Waals surface area contributed by atoms with Crippen LogP contribution in [0.3, 0.4) is 0 Å². The summed E-state index contributed by atoms with van der Waals surface area (Å²) in [7, 11) is 0. The molecule has 2 aromatic rings. The van der Waals surface area contributed by atoms with Gasteiger partial charge in [-0.2, -0.15) is 0 Å². The van der Waals surface area contributed by atoms with Gasteiger partial charge < -0.3 is 4.74 Å². The number of benzene rings is 2. The van der Waals surface area contributed by atoms with Crippen LogP contribution < -0.4 is 4.74 Å². The van der Waals surface area contributed by atoms with E-state index in [4.69, 9.17) is 4.74 Å². The molecule has 126 valence electrons. The highest BCUT2D eigenvalue weighted by Gasteiger charge is 2.15. The molecule has 0 aliphatic heterocycles. The highest BCUT2D eigenvalue weighted by atomic mass is 32.2. The van der Waals surface area contributed by atoms with Crippen LogP contribution in [-0.4, -0.2) is 22.3 Å². The second-order valence-electron chi connectivity index (χ2n) is 6.24. The van der Waals surface area contributed by atoms with Gasteiger partial charge in [-0.3, -0.25) is 9.59 Å². The Kier molecular flexibility index (Phi) is 5.78. The van der Waals surface area contributed by atoms with Gasteiger partial charge in [0.15, 0.2) is 5.78 Å². The molecule has 3 nitrogen and oxygen atoms in total. The molecule has 0 atom stereocenters. The zero-order chi connectivity index (χ0) is 17.7. The van der Waals surface area contributed by atoms with E-state index in [-0.39, 0.29) is 28.1 Å². The maximum absolute atomic E-state index is 12.9. The summed E-state index contributed by atoms with van der Waals surface area (Å²) in [5.74, 6) is -0.268. The van der Waals surface area contributed by atoms with Crippen molar-refractivity contribution in [1.29, 1.82) is 0 Å². The molecule has 24 heavy (non-hydrogen) atoms. The molecule has 2 aromatic carbocycles. The number of carbonyl (C=O) groups is 2. The second kappa shape index (κ2) is 7.62. The lowest BCUT2D eigenvalue weighted by atomic mass is 10.0. The zero-order valence-corrected chi connectivity index (χ0v) is 14.7. The van der Waals surface area contributed by atoms with Crippen LogP contribution in [0, 0.1) is 5.82 Å². The Hall–Kier alpha value is -2.14. The minimum absolute atomic E-state index is 0.00947. The Labute approximate surface area is 145 Å². The van der Waals surface area contributed by atoms with Crippen molar-refractivity contribution in [3.8, 4) is 5.75 Å². The van der Waals surface area contributed by atoms with Crippen LogP contribution in [-0.2, 0) is 4.79 Å². The molecule has 0 aromatic heterocycles. The lowest BCUT2D eigenvalue weighted by Crippen LogP contribution is -2.17. The van der Waals surface area contributed by atoms with E-state index in [1.54, 1.807) is 24.3 Å². The molecular formula is C19H19FO3S. The molecule has 0 unspecified atom stereocenters. The van der Waals surface area contributed by atoms with Crippen molar-refractivity contribution in [3.05, 3.63) is 65.5 Å². The Morgan fingerprint density at radius 1 is 0.958 bits per heavy atom. The fraction of sp³-hybridized carbons (Fsp3) is 0.263. The van der Waals surface area contributed by atoms with Gasteiger partial charge in [0, 0.05) is 15.9 Å². The van der Waals surface area contributed by atoms with E-state index in [1.807, 2.05) is 20.8 Å². The van der Waals surface area contributed by atoms with E-state index in [9.17, 15) is 14.0 Å². The minimum atomic E-state index is -0.387. The molecule has 0 fully saturated rings. The molecule has 0 spiro atoms. The van der Waals surface area contributed by atoms with Crippen molar-refractivity contribution in [1.82, 2.24) is 0 Å². The van der Waals surface area contributed by atoms with Crippen LogP contribution in [0.15, 0.2) is 48.5 Å². The molecule has 0 N–H and O–H groups in total. The Balaban J connectivity index is 1.98. The molecule has 0 aliphatic rings. The number of rotatable bonds is 5. The second-order valence-corrected chi connectivity index (χ2v) is 8.04. The van der Waals surface area contributed by atoms with Gasteiger partial charge in [0.05, 0.1) is 5.75 Å². The average molecular weight is 346 g/mol. The molecule has 0 saturated carbocycles. The summed E-state index contributed by atoms with van der Waals surface area (Å²) in [4.78, 5) is 24.1. The molecule has 0 radical (unpaired) electrons. The monoisotopic (exact) mass is 346 g/mol. The van der Waals surface area contributed by atoms with E-state index in [2.05, 4.69) is 0 Å². The van der Waals surface area contributed by atoms with E-state index < -0.39 is 0 Å². The largest absolute Gasteiger partial charge is 0.426 e. The van der Waals surface area contributed by atoms with Crippen molar-refractivity contribution in [3.63, 3.8) is 0 Å². The summed E-state index contributed by atoms with van der Waals surface area (Å²) in [5, 5.41) is 0. The van der Waals surface area contributed by atoms with E-state index in [0.717, 1.165) is 0 Å². The van der Waals surface area contributed by atoms with E-state index >= 15 is 0 Å². The quantitative estimate of drug-likeness (QED) is 0.454. The summed E-state index contributed by atoms with van der Waals surface area (Å²) < 4.78 is 18.1. The maximum Gasteiger partial charge on any atom is 0.321 e. The van der Waals surface area contributed by atoms with Crippen LogP contribution in [0.1, 0.15) is 36.7 Å². The lowest BCUT2D eigenvalue weighted by molar-refractivity contribution is -0.131. The first-order chi connectivity index (χ1) is 11.2. The number of ketones is 1. The van der Waals surface area contributed by atoms with Gasteiger partial charge in [0.1, 0.15) is 11.6 Å². The van der Waals surface area contributed by atoms with Gasteiger partial charge in [-0.25, -0.2) is 4.39 Å². The van der Waals surface area contributed by atoms with Gasteiger partial charge in [-0.1, -0.05) is 20.8 Å². The van der Waals surface area contributed by atoms with Gasteiger partial charge in [-0.15, -0.1) is 11.8 Å². The van der Waals surface area contributed by atoms with Crippen molar-refractivity contribution in [2.24, 2.45) is 0 Å². The first-order valence-electron chi connectivity index (χ1n) is 7.49. The molecule has 2 rings (SSSR count). The van der Waals surface area contributed by atoms with Crippen LogP contribution in [0.5, 0.6) is 5.75 Å². The third-order valence-electron chi connectivity index (χ3n) is 3.08. The van der Waals surface area contributed by atoms with Gasteiger partial charge >= 0.3 is 5.97 Å². The summed E-state index contributed by atoms with van der Waals surface area (Å²) in [6.45, 7) is 6.09. The van der Waals surface area contributed by atoms with E-state index in [0.29, 0.717) is 16.9 Å². The Morgan fingerprint density at radius 2 is 1.46 bits per heavy atom. The van der Waals surface area contributed by atoms with Gasteiger partial charge in [0.25, 0.3) is 0 Å². The van der Waals surface area contributed by atoms with Crippen LogP contribution in [0.2, 0.25) is 0 Å². The fourth-order valence-electron chi connectivity index (χ4n) is 1.88. The van der Waals surface area contributed by atoms with Crippen molar-refractivity contribution >= 4 is 23.5 Å². The number of thioether (sulfide) groups is 1. The number of esters is 1. The highest BCUT2D eigenvalue weighted by Crippen LogP contribution is 2.23. The maximum atomic E-state index is 12.9. The fourth-order valence-corrected chi connectivity index (χ4v) is 2.49. The molecular weight excluding hydrogens is 327 g/mol. The molecule has 0 bridgehead atoms. The third-order valence-corrected chi connectivity index (χ3v) is 4.32. The predicted molar refractivity (Wildman–Crippen MR) is 94.1 cm³/mol. The van der Waals surface area contributed by atoms with Gasteiger partial charge in [-0.05, 0) is 48.5 Å². The summed E-state index contributed by atoms with van der Waals surface area (Å²) in [5.41, 5.74) is 0.855. The molecule has 0 aliphatic carbocycles. The summed E-state index contributed by atoms with van der Waals surface area (Å²) in [6, 6.07) is 11.7. The zero-order valence-electron chi connectivity index (χ0n) is 13.8. The average Bonchev–Trinajstić information content (AvgIpc) is 2.53. The standard InChI is InChI=1S/C19H19FO3S/c1-19(2,3)24-12-17(21)23-16-10-6-14(7-11-16)18(22)13-4-8-15(20)9-5-13/h4-11H,12H2,1-3H3. The number of carbonyl (C=O) groups excluding carboxylic acids is 2. The van der Waals surface area contributed by atoms with Crippen molar-refractivity contribution in [2.45, 2.75) is 25.5 Å². The normalized spacial score (nSPS) is 11.2. The summed E-state index contributed by atoms with van der Waals surface area (Å²) >= 11 is 1.51. The number of hydrogen-bond acceptors (Lipinski definition) is 4. The topological polar surface area (TPSA) is 43.4 Å². The first kappa shape index (κ1) is 18.2. The third kappa shape index (κ3) is 5.49. The van der Waals surface area contributed by atoms with E-state index in [1.165, 1.54) is 36.0 Å². The predicted octanol–water partition coefficient (Wildman–Crippen LogP) is 4.49. The number of ether oxygens (including phenoxy) is 1. The van der Waals surface area contributed by atoms with Crippen LogP contribution in [0.25, 0.3) is 0 Å². The summed E-state index contributed by atoms with van der Waals surface area (Å²) in [6.07, 6.45) is 0. The van der Waals surface area contributed by atoms with Crippen molar-refractivity contribution < 1.29 is 18.7 Å². The molecule has 0 saturated heterocycles. The van der Waals surface area contributed by atoms with Crippen LogP contribution in [0.4, 0.5) is 4.39 Å². The first-order valence-corrected chi connectivity index (χ1v) is 8.48. The molecule has 0 heterocycles. The number of halogens is 1. The molecule has 5 heteroatoms. The molecule has 0 amide bonds. The minimum Gasteiger partial charge on any atom is -0.426 e. The van der Waals surface area contributed by atoms with Crippen molar-refractivity contribution in [2.75, 3.05) is 5.75 Å². The SMILES string of the molecule is CC(C)(C)SCC(=O)Oc1ccc(C(=O)c2ccc(F)cc2)cc1. The van der Waals surface area contributed by atoms with Crippen LogP contribution >= 0.6 is 11.8 Å². The number of hydrogen-bond donors (Lipinski definition) is 0. The Bertz CT molecular complexity index is 716.